The minimum Gasteiger partial charge on any atom is -0.480 e. The van der Waals surface area contributed by atoms with Gasteiger partial charge in [0.2, 0.25) is 0 Å². The van der Waals surface area contributed by atoms with Gasteiger partial charge in [-0.1, -0.05) is 0 Å². The quantitative estimate of drug-likeness (QED) is 0.533. The van der Waals surface area contributed by atoms with Crippen LogP contribution in [0.2, 0.25) is 0 Å². The molecule has 1 rings (SSSR count). The Morgan fingerprint density at radius 2 is 2.00 bits per heavy atom. The third-order valence-corrected chi connectivity index (χ3v) is 2.42. The first kappa shape index (κ1) is 15.0. The molecule has 0 saturated heterocycles. The topological polar surface area (TPSA) is 99.0 Å². The second kappa shape index (κ2) is 7.38. The van der Waals surface area contributed by atoms with E-state index in [9.17, 15) is 9.59 Å². The Labute approximate surface area is 114 Å². The van der Waals surface area contributed by atoms with Crippen molar-refractivity contribution in [2.75, 3.05) is 6.61 Å². The van der Waals surface area contributed by atoms with Crippen LogP contribution in [0, 0.1) is 0 Å². The molecule has 0 aliphatic carbocycles. The summed E-state index contributed by atoms with van der Waals surface area (Å²) >= 11 is 4.45. The molecule has 3 N–H and O–H groups in total. The number of amides is 1. The molecule has 1 aromatic carbocycles. The van der Waals surface area contributed by atoms with E-state index >= 15 is 0 Å². The van der Waals surface area contributed by atoms with Gasteiger partial charge in [0.1, 0.15) is 6.04 Å². The van der Waals surface area contributed by atoms with Crippen molar-refractivity contribution in [3.8, 4) is 0 Å². The lowest BCUT2D eigenvalue weighted by Gasteiger charge is -2.13. The SMILES string of the molecule is O=C(NC(CCO)C(=O)O)c1ccc(N=C=S)cc1. The van der Waals surface area contributed by atoms with Crippen molar-refractivity contribution in [1.29, 1.82) is 0 Å². The number of benzene rings is 1. The number of aliphatic hydroxyl groups excluding tert-OH is 1. The summed E-state index contributed by atoms with van der Waals surface area (Å²) in [6, 6.07) is 5.01. The molecule has 19 heavy (non-hydrogen) atoms. The Morgan fingerprint density at radius 1 is 1.37 bits per heavy atom. The van der Waals surface area contributed by atoms with Crippen LogP contribution in [-0.4, -0.2) is 39.9 Å². The highest BCUT2D eigenvalue weighted by Gasteiger charge is 2.19. The maximum atomic E-state index is 11.8. The molecular weight excluding hydrogens is 268 g/mol. The van der Waals surface area contributed by atoms with Crippen LogP contribution >= 0.6 is 12.2 Å². The minimum absolute atomic E-state index is 0.0473. The molecule has 0 spiro atoms. The van der Waals surface area contributed by atoms with Crippen molar-refractivity contribution < 1.29 is 19.8 Å². The lowest BCUT2D eigenvalue weighted by atomic mass is 10.1. The van der Waals surface area contributed by atoms with E-state index in [4.69, 9.17) is 10.2 Å². The molecule has 0 saturated carbocycles. The third kappa shape index (κ3) is 4.59. The summed E-state index contributed by atoms with van der Waals surface area (Å²) in [5.41, 5.74) is 0.851. The molecule has 0 heterocycles. The van der Waals surface area contributed by atoms with Gasteiger partial charge in [0.15, 0.2) is 0 Å². The fraction of sp³-hybridized carbons (Fsp3) is 0.250. The van der Waals surface area contributed by atoms with Crippen molar-refractivity contribution in [2.45, 2.75) is 12.5 Å². The standard InChI is InChI=1S/C12H12N2O4S/c15-6-5-10(12(17)18)14-11(16)8-1-3-9(4-2-8)13-7-19/h1-4,10,15H,5-6H2,(H,14,16)(H,17,18). The first-order valence-electron chi connectivity index (χ1n) is 5.41. The maximum Gasteiger partial charge on any atom is 0.326 e. The number of carboxylic acids is 1. The summed E-state index contributed by atoms with van der Waals surface area (Å²) in [5, 5.41) is 22.1. The Kier molecular flexibility index (Phi) is 5.81. The zero-order valence-electron chi connectivity index (χ0n) is 9.87. The number of aliphatic imine (C=N–C) groups is 1. The van der Waals surface area contributed by atoms with Gasteiger partial charge in [-0.25, -0.2) is 4.79 Å². The highest BCUT2D eigenvalue weighted by Crippen LogP contribution is 2.12. The van der Waals surface area contributed by atoms with Gasteiger partial charge in [-0.15, -0.1) is 0 Å². The highest BCUT2D eigenvalue weighted by atomic mass is 32.1. The largest absolute Gasteiger partial charge is 0.480 e. The van der Waals surface area contributed by atoms with Crippen molar-refractivity contribution in [3.05, 3.63) is 29.8 Å². The number of nitrogens with zero attached hydrogens (tertiary/aromatic N) is 1. The molecule has 0 aromatic heterocycles. The molecule has 0 radical (unpaired) electrons. The van der Waals surface area contributed by atoms with Crippen LogP contribution in [0.15, 0.2) is 29.3 Å². The molecule has 1 unspecified atom stereocenters. The van der Waals surface area contributed by atoms with Crippen LogP contribution in [0.1, 0.15) is 16.8 Å². The van der Waals surface area contributed by atoms with E-state index in [2.05, 4.69) is 27.7 Å². The highest BCUT2D eigenvalue weighted by molar-refractivity contribution is 7.78. The smallest absolute Gasteiger partial charge is 0.326 e. The van der Waals surface area contributed by atoms with Crippen LogP contribution in [-0.2, 0) is 4.79 Å². The van der Waals surface area contributed by atoms with E-state index in [1.807, 2.05) is 0 Å². The van der Waals surface area contributed by atoms with Gasteiger partial charge in [-0.05, 0) is 36.5 Å². The number of aliphatic carboxylic acids is 1. The predicted octanol–water partition coefficient (Wildman–Crippen LogP) is 0.986. The number of hydrogen-bond donors (Lipinski definition) is 3. The summed E-state index contributed by atoms with van der Waals surface area (Å²) in [4.78, 5) is 26.3. The van der Waals surface area contributed by atoms with Gasteiger partial charge < -0.3 is 15.5 Å². The van der Waals surface area contributed by atoms with Gasteiger partial charge in [0.25, 0.3) is 5.91 Å². The Bertz CT molecular complexity index is 509. The normalized spacial score (nSPS) is 11.2. The lowest BCUT2D eigenvalue weighted by molar-refractivity contribution is -0.139. The minimum atomic E-state index is -1.19. The molecule has 1 amide bonds. The Hall–Kier alpha value is -2.08. The van der Waals surface area contributed by atoms with Crippen molar-refractivity contribution >= 4 is 34.9 Å². The van der Waals surface area contributed by atoms with Crippen LogP contribution in [0.5, 0.6) is 0 Å². The number of hydrogen-bond acceptors (Lipinski definition) is 5. The number of nitrogens with one attached hydrogen (secondary N) is 1. The number of isothiocyanates is 1. The number of carbonyl (C=O) groups is 2. The van der Waals surface area contributed by atoms with Crippen LogP contribution in [0.3, 0.4) is 0 Å². The van der Waals surface area contributed by atoms with Crippen molar-refractivity contribution in [1.82, 2.24) is 5.32 Å². The molecule has 0 aliphatic heterocycles. The zero-order chi connectivity index (χ0) is 14.3. The summed E-state index contributed by atoms with van der Waals surface area (Å²) < 4.78 is 0. The Morgan fingerprint density at radius 3 is 2.47 bits per heavy atom. The maximum absolute atomic E-state index is 11.8. The van der Waals surface area contributed by atoms with E-state index in [1.165, 1.54) is 12.1 Å². The zero-order valence-corrected chi connectivity index (χ0v) is 10.7. The molecule has 0 fully saturated rings. The summed E-state index contributed by atoms with van der Waals surface area (Å²) in [7, 11) is 0. The third-order valence-electron chi connectivity index (χ3n) is 2.33. The fourth-order valence-electron chi connectivity index (χ4n) is 1.37. The molecule has 1 atom stereocenters. The second-order valence-electron chi connectivity index (χ2n) is 3.63. The molecule has 100 valence electrons. The number of rotatable bonds is 6. The summed E-state index contributed by atoms with van der Waals surface area (Å²) in [6.07, 6.45) is -0.0473. The number of aliphatic hydroxyl groups is 1. The molecule has 0 aliphatic rings. The summed E-state index contributed by atoms with van der Waals surface area (Å²) in [5.74, 6) is -1.72. The second-order valence-corrected chi connectivity index (χ2v) is 3.81. The average Bonchev–Trinajstić information content (AvgIpc) is 2.39. The van der Waals surface area contributed by atoms with E-state index in [0.717, 1.165) is 0 Å². The van der Waals surface area contributed by atoms with E-state index in [1.54, 1.807) is 12.1 Å². The molecule has 6 nitrogen and oxygen atoms in total. The number of carbonyl (C=O) groups excluding carboxylic acids is 1. The molecule has 1 aromatic rings. The average molecular weight is 280 g/mol. The number of thiocarbonyl (C=S) groups is 1. The first-order chi connectivity index (χ1) is 9.08. The fourth-order valence-corrected chi connectivity index (χ4v) is 1.47. The van der Waals surface area contributed by atoms with Gasteiger partial charge >= 0.3 is 5.97 Å². The molecule has 7 heteroatoms. The van der Waals surface area contributed by atoms with Gasteiger partial charge in [-0.3, -0.25) is 4.79 Å². The van der Waals surface area contributed by atoms with Gasteiger partial charge in [0, 0.05) is 18.6 Å². The van der Waals surface area contributed by atoms with E-state index in [0.29, 0.717) is 11.3 Å². The van der Waals surface area contributed by atoms with E-state index in [-0.39, 0.29) is 13.0 Å². The van der Waals surface area contributed by atoms with Gasteiger partial charge in [-0.2, -0.15) is 4.99 Å². The van der Waals surface area contributed by atoms with Gasteiger partial charge in [0.05, 0.1) is 10.8 Å². The first-order valence-corrected chi connectivity index (χ1v) is 5.81. The van der Waals surface area contributed by atoms with Crippen molar-refractivity contribution in [3.63, 3.8) is 0 Å². The summed E-state index contributed by atoms with van der Waals surface area (Å²) in [6.45, 7) is -0.320. The van der Waals surface area contributed by atoms with Crippen LogP contribution in [0.4, 0.5) is 5.69 Å². The lowest BCUT2D eigenvalue weighted by Crippen LogP contribution is -2.41. The van der Waals surface area contributed by atoms with Crippen molar-refractivity contribution in [2.24, 2.45) is 4.99 Å². The van der Waals surface area contributed by atoms with E-state index < -0.39 is 17.9 Å². The van der Waals surface area contributed by atoms with Crippen LogP contribution < -0.4 is 5.32 Å². The predicted molar refractivity (Wildman–Crippen MR) is 71.7 cm³/mol. The van der Waals surface area contributed by atoms with Crippen LogP contribution in [0.25, 0.3) is 0 Å². The number of carboxylic acid groups (broad SMARTS) is 1. The Balaban J connectivity index is 2.76. The molecule has 0 bridgehead atoms. The monoisotopic (exact) mass is 280 g/mol. The molecular formula is C12H12N2O4S.